The van der Waals surface area contributed by atoms with Crippen LogP contribution in [0.15, 0.2) is 36.8 Å². The molecule has 3 aromatic rings. The number of carbonyl (C=O) groups excluding carboxylic acids is 2. The van der Waals surface area contributed by atoms with Crippen LogP contribution in [0, 0.1) is 42.3 Å². The number of benzene rings is 1. The van der Waals surface area contributed by atoms with Crippen molar-refractivity contribution in [2.45, 2.75) is 85.4 Å². The lowest BCUT2D eigenvalue weighted by molar-refractivity contribution is -0.128. The second kappa shape index (κ2) is 13.4. The van der Waals surface area contributed by atoms with E-state index in [0.29, 0.717) is 47.0 Å². The molecule has 3 aliphatic heterocycles. The second-order valence-electron chi connectivity index (χ2n) is 16.4. The number of carbonyl (C=O) groups is 2. The zero-order valence-corrected chi connectivity index (χ0v) is 30.5. The minimum Gasteiger partial charge on any atom is -0.342 e. The summed E-state index contributed by atoms with van der Waals surface area (Å²) in [6.07, 6.45) is 10.7. The Bertz CT molecular complexity index is 1700. The summed E-state index contributed by atoms with van der Waals surface area (Å²) < 4.78 is 16.6. The first-order valence-corrected chi connectivity index (χ1v) is 18.6. The summed E-state index contributed by atoms with van der Waals surface area (Å²) in [5, 5.41) is 1.19. The van der Waals surface area contributed by atoms with E-state index in [1.165, 1.54) is 42.3 Å². The van der Waals surface area contributed by atoms with Crippen LogP contribution in [0.2, 0.25) is 0 Å². The van der Waals surface area contributed by atoms with Gasteiger partial charge in [0.25, 0.3) is 5.91 Å². The maximum atomic E-state index is 14.6. The molecule has 4 aliphatic rings. The smallest absolute Gasteiger partial charge is 0.256 e. The first kappa shape index (κ1) is 34.2. The Kier molecular flexibility index (Phi) is 9.37. The van der Waals surface area contributed by atoms with Gasteiger partial charge in [0, 0.05) is 82.6 Å². The van der Waals surface area contributed by atoms with Crippen LogP contribution in [0.1, 0.15) is 75.4 Å². The molecule has 49 heavy (non-hydrogen) atoms. The SMILES string of the molecule is CC(=O)N1CC2CN(C3CC(C(C(C)C)N4CCC(Cc5cn(-c6ccc(F)cc6C(=O)N(C)C(C)C)c6cncc(C)c56)C4)C3)CC2C1. The van der Waals surface area contributed by atoms with E-state index in [1.807, 2.05) is 26.2 Å². The summed E-state index contributed by atoms with van der Waals surface area (Å²) in [5.74, 6) is 2.84. The summed E-state index contributed by atoms with van der Waals surface area (Å²) in [5.41, 5.74) is 4.40. The number of fused-ring (bicyclic) bond motifs is 2. The van der Waals surface area contributed by atoms with E-state index in [1.54, 1.807) is 24.9 Å². The van der Waals surface area contributed by atoms with Crippen molar-refractivity contribution in [2.75, 3.05) is 46.3 Å². The van der Waals surface area contributed by atoms with Crippen LogP contribution in [-0.2, 0) is 11.2 Å². The molecule has 4 unspecified atom stereocenters. The molecule has 7 rings (SSSR count). The van der Waals surface area contributed by atoms with Gasteiger partial charge in [0.1, 0.15) is 5.82 Å². The standard InChI is InChI=1S/C40H55FN6O2/c1-24(2)39(29-13-34(14-29)46-21-31-19-45(27(6)48)20-32(31)22-46)44-11-10-28(18-44)12-30-23-47(37-17-42-16-26(5)38(30)37)36-9-8-33(41)15-35(36)40(49)43(7)25(3)4/h8-9,15-17,23-25,28-29,31-32,34,39H,10-14,18-22H2,1-7H3. The molecule has 264 valence electrons. The minimum atomic E-state index is -0.414. The van der Waals surface area contributed by atoms with Crippen LogP contribution in [0.25, 0.3) is 16.6 Å². The molecule has 0 N–H and O–H groups in total. The summed E-state index contributed by atoms with van der Waals surface area (Å²) in [7, 11) is 1.77. The second-order valence-corrected chi connectivity index (χ2v) is 16.4. The third-order valence-corrected chi connectivity index (χ3v) is 12.6. The molecular formula is C40H55FN6O2. The summed E-state index contributed by atoms with van der Waals surface area (Å²) in [6.45, 7) is 19.0. The maximum Gasteiger partial charge on any atom is 0.256 e. The Morgan fingerprint density at radius 3 is 2.39 bits per heavy atom. The van der Waals surface area contributed by atoms with E-state index in [0.717, 1.165) is 62.7 Å². The van der Waals surface area contributed by atoms with Crippen molar-refractivity contribution < 1.29 is 14.0 Å². The molecule has 0 radical (unpaired) electrons. The highest BCUT2D eigenvalue weighted by molar-refractivity contribution is 5.99. The third-order valence-electron chi connectivity index (χ3n) is 12.6. The van der Waals surface area contributed by atoms with E-state index in [2.05, 4.69) is 51.2 Å². The average molecular weight is 671 g/mol. The van der Waals surface area contributed by atoms with Crippen molar-refractivity contribution in [1.29, 1.82) is 0 Å². The van der Waals surface area contributed by atoms with Crippen LogP contribution in [0.4, 0.5) is 4.39 Å². The molecule has 5 heterocycles. The fourth-order valence-electron chi connectivity index (χ4n) is 9.78. The van der Waals surface area contributed by atoms with Gasteiger partial charge in [-0.1, -0.05) is 13.8 Å². The summed E-state index contributed by atoms with van der Waals surface area (Å²) >= 11 is 0. The van der Waals surface area contributed by atoms with Crippen LogP contribution in [0.3, 0.4) is 0 Å². The molecule has 1 aromatic carbocycles. The Balaban J connectivity index is 1.05. The summed E-state index contributed by atoms with van der Waals surface area (Å²) in [6, 6.07) is 5.85. The van der Waals surface area contributed by atoms with Gasteiger partial charge in [-0.3, -0.25) is 24.4 Å². The fraction of sp³-hybridized carbons (Fsp3) is 0.625. The summed E-state index contributed by atoms with van der Waals surface area (Å²) in [4.78, 5) is 39.2. The average Bonchev–Trinajstić information content (AvgIpc) is 3.81. The Morgan fingerprint density at radius 2 is 1.73 bits per heavy atom. The van der Waals surface area contributed by atoms with Gasteiger partial charge >= 0.3 is 0 Å². The van der Waals surface area contributed by atoms with Crippen LogP contribution in [-0.4, -0.2) is 105 Å². The quantitative estimate of drug-likeness (QED) is 0.278. The van der Waals surface area contributed by atoms with E-state index in [4.69, 9.17) is 0 Å². The molecular weight excluding hydrogens is 615 g/mol. The largest absolute Gasteiger partial charge is 0.342 e. The monoisotopic (exact) mass is 670 g/mol. The normalized spacial score (nSPS) is 26.6. The lowest BCUT2D eigenvalue weighted by atomic mass is 9.71. The lowest BCUT2D eigenvalue weighted by Crippen LogP contribution is -2.53. The predicted molar refractivity (Wildman–Crippen MR) is 192 cm³/mol. The van der Waals surface area contributed by atoms with E-state index >= 15 is 0 Å². The lowest BCUT2D eigenvalue weighted by Gasteiger charge is -2.49. The van der Waals surface area contributed by atoms with Crippen molar-refractivity contribution in [1.82, 2.24) is 29.2 Å². The molecule has 4 fully saturated rings. The van der Waals surface area contributed by atoms with Crippen molar-refractivity contribution >= 4 is 22.7 Å². The molecule has 0 bridgehead atoms. The van der Waals surface area contributed by atoms with E-state index in [9.17, 15) is 14.0 Å². The van der Waals surface area contributed by atoms with Crippen LogP contribution >= 0.6 is 0 Å². The zero-order valence-electron chi connectivity index (χ0n) is 30.5. The van der Waals surface area contributed by atoms with Gasteiger partial charge in [-0.25, -0.2) is 4.39 Å². The molecule has 0 spiro atoms. The highest BCUT2D eigenvalue weighted by Crippen LogP contribution is 2.44. The molecule has 1 aliphatic carbocycles. The van der Waals surface area contributed by atoms with Gasteiger partial charge in [-0.05, 0) is 112 Å². The number of hydrogen-bond donors (Lipinski definition) is 0. The zero-order chi connectivity index (χ0) is 34.7. The fourth-order valence-corrected chi connectivity index (χ4v) is 9.78. The van der Waals surface area contributed by atoms with Crippen molar-refractivity contribution in [2.24, 2.45) is 29.6 Å². The highest BCUT2D eigenvalue weighted by Gasteiger charge is 2.48. The molecule has 9 heteroatoms. The minimum absolute atomic E-state index is 0.00435. The number of pyridine rings is 1. The molecule has 8 nitrogen and oxygen atoms in total. The number of rotatable bonds is 9. The van der Waals surface area contributed by atoms with Gasteiger partial charge < -0.3 is 14.4 Å². The van der Waals surface area contributed by atoms with Gasteiger partial charge in [-0.15, -0.1) is 0 Å². The maximum absolute atomic E-state index is 14.6. The number of nitrogens with zero attached hydrogens (tertiary/aromatic N) is 6. The predicted octanol–water partition coefficient (Wildman–Crippen LogP) is 6.03. The number of likely N-dealkylation sites (tertiary alicyclic amines) is 3. The van der Waals surface area contributed by atoms with Crippen LogP contribution < -0.4 is 0 Å². The molecule has 3 saturated heterocycles. The van der Waals surface area contributed by atoms with Crippen molar-refractivity contribution in [3.63, 3.8) is 0 Å². The van der Waals surface area contributed by atoms with Gasteiger partial charge in [0.15, 0.2) is 0 Å². The van der Waals surface area contributed by atoms with Crippen molar-refractivity contribution in [3.8, 4) is 5.69 Å². The first-order valence-electron chi connectivity index (χ1n) is 18.6. The number of amides is 2. The van der Waals surface area contributed by atoms with Crippen molar-refractivity contribution in [3.05, 3.63) is 59.3 Å². The van der Waals surface area contributed by atoms with E-state index < -0.39 is 5.82 Å². The van der Waals surface area contributed by atoms with Gasteiger partial charge in [-0.2, -0.15) is 0 Å². The highest BCUT2D eigenvalue weighted by atomic mass is 19.1. The first-order chi connectivity index (χ1) is 23.4. The van der Waals surface area contributed by atoms with Gasteiger partial charge in [0.2, 0.25) is 5.91 Å². The molecule has 2 amide bonds. The number of aryl methyl sites for hydroxylation is 1. The number of aromatic nitrogens is 2. The molecule has 4 atom stereocenters. The Hall–Kier alpha value is -3.30. The number of halogens is 1. The number of hydrogen-bond acceptors (Lipinski definition) is 5. The topological polar surface area (TPSA) is 64.9 Å². The van der Waals surface area contributed by atoms with Gasteiger partial charge in [0.05, 0.1) is 23.0 Å². The van der Waals surface area contributed by atoms with Crippen LogP contribution in [0.5, 0.6) is 0 Å². The Morgan fingerprint density at radius 1 is 1.02 bits per heavy atom. The molecule has 1 saturated carbocycles. The molecule has 2 aromatic heterocycles. The third kappa shape index (κ3) is 6.42. The Labute approximate surface area is 291 Å². The van der Waals surface area contributed by atoms with E-state index in [-0.39, 0.29) is 17.9 Å².